The van der Waals surface area contributed by atoms with E-state index in [2.05, 4.69) is 51.2 Å². The van der Waals surface area contributed by atoms with Crippen LogP contribution in [0.3, 0.4) is 0 Å². The average Bonchev–Trinajstić information content (AvgIpc) is 2.28. The van der Waals surface area contributed by atoms with Gasteiger partial charge in [-0.25, -0.2) is 0 Å². The van der Waals surface area contributed by atoms with Crippen LogP contribution in [0.4, 0.5) is 0 Å². The number of rotatable bonds is 6. The van der Waals surface area contributed by atoms with Crippen LogP contribution >= 0.6 is 0 Å². The van der Waals surface area contributed by atoms with E-state index < -0.39 is 0 Å². The molecule has 0 aliphatic heterocycles. The molecule has 1 rings (SSSR count). The third kappa shape index (κ3) is 4.39. The Morgan fingerprint density at radius 2 is 1.88 bits per heavy atom. The predicted octanol–water partition coefficient (Wildman–Crippen LogP) is 3.36. The molecule has 17 heavy (non-hydrogen) atoms. The summed E-state index contributed by atoms with van der Waals surface area (Å²) in [7, 11) is 1.74. The second kappa shape index (κ2) is 6.65. The van der Waals surface area contributed by atoms with E-state index in [-0.39, 0.29) is 0 Å². The van der Waals surface area contributed by atoms with Crippen molar-refractivity contribution in [3.63, 3.8) is 0 Å². The number of hydrogen-bond acceptors (Lipinski definition) is 2. The molecule has 0 bridgehead atoms. The Hall–Kier alpha value is -1.02. The molecule has 0 saturated heterocycles. The van der Waals surface area contributed by atoms with Gasteiger partial charge in [0.2, 0.25) is 0 Å². The number of hydrogen-bond donors (Lipinski definition) is 1. The first kappa shape index (κ1) is 14.0. The first-order chi connectivity index (χ1) is 8.04. The zero-order chi connectivity index (χ0) is 12.8. The van der Waals surface area contributed by atoms with E-state index in [0.29, 0.717) is 12.0 Å². The van der Waals surface area contributed by atoms with E-state index in [1.165, 1.54) is 11.1 Å². The third-order valence-corrected chi connectivity index (χ3v) is 2.92. The van der Waals surface area contributed by atoms with Gasteiger partial charge in [0.25, 0.3) is 0 Å². The molecule has 0 fully saturated rings. The summed E-state index contributed by atoms with van der Waals surface area (Å²) in [5.41, 5.74) is 2.68. The summed E-state index contributed by atoms with van der Waals surface area (Å²) in [6.45, 7) is 9.77. The van der Waals surface area contributed by atoms with Gasteiger partial charge in [-0.05, 0) is 36.1 Å². The summed E-state index contributed by atoms with van der Waals surface area (Å²) in [5.74, 6) is 1.57. The van der Waals surface area contributed by atoms with Crippen molar-refractivity contribution in [2.75, 3.05) is 13.7 Å². The van der Waals surface area contributed by atoms with Gasteiger partial charge in [-0.3, -0.25) is 0 Å². The lowest BCUT2D eigenvalue weighted by Crippen LogP contribution is -2.25. The maximum Gasteiger partial charge on any atom is 0.122 e. The molecule has 0 radical (unpaired) electrons. The van der Waals surface area contributed by atoms with Crippen molar-refractivity contribution in [1.82, 2.24) is 5.32 Å². The van der Waals surface area contributed by atoms with E-state index in [1.807, 2.05) is 0 Å². The zero-order valence-electron chi connectivity index (χ0n) is 11.7. The normalized spacial score (nSPS) is 11.2. The van der Waals surface area contributed by atoms with Crippen molar-refractivity contribution in [2.24, 2.45) is 0 Å². The molecule has 2 nitrogen and oxygen atoms in total. The van der Waals surface area contributed by atoms with Crippen LogP contribution in [0.25, 0.3) is 0 Å². The average molecular weight is 235 g/mol. The summed E-state index contributed by atoms with van der Waals surface area (Å²) < 4.78 is 5.41. The van der Waals surface area contributed by atoms with Crippen LogP contribution in [-0.4, -0.2) is 19.7 Å². The maximum absolute atomic E-state index is 5.41. The first-order valence-corrected chi connectivity index (χ1v) is 6.44. The summed E-state index contributed by atoms with van der Waals surface area (Å²) in [4.78, 5) is 0. The van der Waals surface area contributed by atoms with Gasteiger partial charge in [-0.2, -0.15) is 0 Å². The topological polar surface area (TPSA) is 21.3 Å². The quantitative estimate of drug-likeness (QED) is 0.816. The highest BCUT2D eigenvalue weighted by atomic mass is 16.5. The second-order valence-electron chi connectivity index (χ2n) is 5.08. The summed E-state index contributed by atoms with van der Waals surface area (Å²) >= 11 is 0. The largest absolute Gasteiger partial charge is 0.496 e. The van der Waals surface area contributed by atoms with Crippen LogP contribution in [0.15, 0.2) is 18.2 Å². The van der Waals surface area contributed by atoms with Crippen molar-refractivity contribution >= 4 is 0 Å². The highest BCUT2D eigenvalue weighted by molar-refractivity contribution is 5.38. The van der Waals surface area contributed by atoms with Crippen LogP contribution in [0.5, 0.6) is 5.75 Å². The zero-order valence-corrected chi connectivity index (χ0v) is 11.7. The fourth-order valence-electron chi connectivity index (χ4n) is 1.85. The molecule has 1 aromatic rings. The molecule has 0 heterocycles. The molecule has 1 N–H and O–H groups in total. The summed E-state index contributed by atoms with van der Waals surface area (Å²) in [6, 6.07) is 7.04. The van der Waals surface area contributed by atoms with E-state index in [0.717, 1.165) is 18.7 Å². The van der Waals surface area contributed by atoms with Crippen molar-refractivity contribution in [1.29, 1.82) is 0 Å². The second-order valence-corrected chi connectivity index (χ2v) is 5.08. The van der Waals surface area contributed by atoms with Gasteiger partial charge in [0.05, 0.1) is 7.11 Å². The molecule has 1 aromatic carbocycles. The smallest absolute Gasteiger partial charge is 0.122 e. The van der Waals surface area contributed by atoms with E-state index in [4.69, 9.17) is 4.74 Å². The predicted molar refractivity (Wildman–Crippen MR) is 73.9 cm³/mol. The molecule has 0 aliphatic carbocycles. The SMILES string of the molecule is COc1ccc(C(C)C)cc1CCNC(C)C. The lowest BCUT2D eigenvalue weighted by molar-refractivity contribution is 0.408. The van der Waals surface area contributed by atoms with Crippen LogP contribution in [-0.2, 0) is 6.42 Å². The van der Waals surface area contributed by atoms with Gasteiger partial charge in [-0.15, -0.1) is 0 Å². The van der Waals surface area contributed by atoms with Gasteiger partial charge >= 0.3 is 0 Å². The Labute approximate surface area is 105 Å². The number of methoxy groups -OCH3 is 1. The Morgan fingerprint density at radius 3 is 2.41 bits per heavy atom. The molecule has 0 aromatic heterocycles. The minimum atomic E-state index is 0.536. The van der Waals surface area contributed by atoms with Crippen LogP contribution in [0, 0.1) is 0 Å². The first-order valence-electron chi connectivity index (χ1n) is 6.44. The van der Waals surface area contributed by atoms with Crippen LogP contribution in [0.2, 0.25) is 0 Å². The third-order valence-electron chi connectivity index (χ3n) is 2.92. The molecule has 0 aliphatic rings. The van der Waals surface area contributed by atoms with Crippen LogP contribution < -0.4 is 10.1 Å². The summed E-state index contributed by atoms with van der Waals surface area (Å²) in [6.07, 6.45) is 1.02. The number of benzene rings is 1. The minimum Gasteiger partial charge on any atom is -0.496 e. The molecule has 0 spiro atoms. The van der Waals surface area contributed by atoms with Gasteiger partial charge in [-0.1, -0.05) is 39.8 Å². The molecule has 0 amide bonds. The Kier molecular flexibility index (Phi) is 5.49. The summed E-state index contributed by atoms with van der Waals surface area (Å²) in [5, 5.41) is 3.44. The highest BCUT2D eigenvalue weighted by Gasteiger charge is 2.06. The molecular formula is C15H25NO. The number of nitrogens with one attached hydrogen (secondary N) is 1. The molecule has 0 atom stereocenters. The Morgan fingerprint density at radius 1 is 1.18 bits per heavy atom. The van der Waals surface area contributed by atoms with Gasteiger partial charge in [0, 0.05) is 6.04 Å². The molecule has 0 unspecified atom stereocenters. The standard InChI is InChI=1S/C15H25NO/c1-11(2)13-6-7-15(17-5)14(10-13)8-9-16-12(3)4/h6-7,10-12,16H,8-9H2,1-5H3. The minimum absolute atomic E-state index is 0.536. The van der Waals surface area contributed by atoms with E-state index in [1.54, 1.807) is 7.11 Å². The fourth-order valence-corrected chi connectivity index (χ4v) is 1.85. The van der Waals surface area contributed by atoms with Crippen molar-refractivity contribution in [3.8, 4) is 5.75 Å². The van der Waals surface area contributed by atoms with Crippen molar-refractivity contribution < 1.29 is 4.74 Å². The molecular weight excluding hydrogens is 210 g/mol. The molecule has 0 saturated carbocycles. The van der Waals surface area contributed by atoms with Gasteiger partial charge < -0.3 is 10.1 Å². The highest BCUT2D eigenvalue weighted by Crippen LogP contribution is 2.24. The Bertz CT molecular complexity index is 345. The van der Waals surface area contributed by atoms with E-state index >= 15 is 0 Å². The van der Waals surface area contributed by atoms with Crippen LogP contribution in [0.1, 0.15) is 44.7 Å². The maximum atomic E-state index is 5.41. The molecule has 2 heteroatoms. The lowest BCUT2D eigenvalue weighted by atomic mass is 9.99. The van der Waals surface area contributed by atoms with E-state index in [9.17, 15) is 0 Å². The molecule has 96 valence electrons. The lowest BCUT2D eigenvalue weighted by Gasteiger charge is -2.14. The van der Waals surface area contributed by atoms with Gasteiger partial charge in [0.1, 0.15) is 5.75 Å². The Balaban J connectivity index is 2.75. The van der Waals surface area contributed by atoms with Crippen molar-refractivity contribution in [2.45, 2.75) is 46.1 Å². The van der Waals surface area contributed by atoms with Crippen molar-refractivity contribution in [3.05, 3.63) is 29.3 Å². The van der Waals surface area contributed by atoms with Gasteiger partial charge in [0.15, 0.2) is 0 Å². The number of ether oxygens (including phenoxy) is 1. The fraction of sp³-hybridized carbons (Fsp3) is 0.600. The monoisotopic (exact) mass is 235 g/mol.